The summed E-state index contributed by atoms with van der Waals surface area (Å²) in [5, 5.41) is 0. The second-order valence-corrected chi connectivity index (χ2v) is 13.8. The van der Waals surface area contributed by atoms with Gasteiger partial charge in [-0.15, -0.1) is 0 Å². The zero-order chi connectivity index (χ0) is 29.8. The van der Waals surface area contributed by atoms with Crippen LogP contribution in [0, 0.1) is 0 Å². The second-order valence-electron chi connectivity index (χ2n) is 13.8. The van der Waals surface area contributed by atoms with Gasteiger partial charge in [0, 0.05) is 34.1 Å². The Morgan fingerprint density at radius 1 is 0.429 bits per heavy atom. The first-order valence-corrected chi connectivity index (χ1v) is 15.1. The lowest BCUT2D eigenvalue weighted by Gasteiger charge is -2.27. The zero-order valence-corrected chi connectivity index (χ0v) is 26.4. The topological polar surface area (TPSA) is 13.0 Å². The van der Waals surface area contributed by atoms with E-state index in [9.17, 15) is 0 Å². The number of anilines is 6. The van der Waals surface area contributed by atoms with Crippen molar-refractivity contribution in [2.24, 2.45) is 0 Å². The van der Waals surface area contributed by atoms with Crippen molar-refractivity contribution < 1.29 is 0 Å². The van der Waals surface area contributed by atoms with E-state index in [1.165, 1.54) is 56.6 Å². The van der Waals surface area contributed by atoms with Crippen LogP contribution in [0.15, 0.2) is 108 Å². The van der Waals surface area contributed by atoms with Gasteiger partial charge in [0.1, 0.15) is 6.67 Å². The Balaban J connectivity index is 1.27. The monoisotopic (exact) mass is 556 g/mol. The maximum absolute atomic E-state index is 2.43. The van der Waals surface area contributed by atoms with Gasteiger partial charge in [0.2, 0.25) is 0 Å². The fourth-order valence-electron chi connectivity index (χ4n) is 6.06. The molecular formula is C38H44N4. The molecule has 2 aliphatic rings. The SMILES string of the molecule is CC1=C(C)N(c2cccc(N3CN(c4ccc(C(C)(C)C)cc4)c4ccccc43)c2)CN1c1ccc(C(C)(C)C)cc1. The number of hydrogen-bond donors (Lipinski definition) is 0. The maximum Gasteiger partial charge on any atom is 0.100 e. The second kappa shape index (κ2) is 10.3. The van der Waals surface area contributed by atoms with Gasteiger partial charge in [-0.25, -0.2) is 0 Å². The van der Waals surface area contributed by atoms with Gasteiger partial charge in [0.05, 0.1) is 18.0 Å². The number of hydrogen-bond acceptors (Lipinski definition) is 4. The molecule has 0 fully saturated rings. The van der Waals surface area contributed by atoms with Gasteiger partial charge in [-0.05, 0) is 90.4 Å². The number of benzene rings is 4. The molecule has 4 nitrogen and oxygen atoms in total. The molecule has 42 heavy (non-hydrogen) atoms. The van der Waals surface area contributed by atoms with Crippen molar-refractivity contribution in [1.82, 2.24) is 0 Å². The predicted molar refractivity (Wildman–Crippen MR) is 181 cm³/mol. The van der Waals surface area contributed by atoms with Crippen LogP contribution < -0.4 is 19.6 Å². The van der Waals surface area contributed by atoms with E-state index in [0.717, 1.165) is 13.3 Å². The van der Waals surface area contributed by atoms with E-state index < -0.39 is 0 Å². The molecule has 216 valence electrons. The first-order chi connectivity index (χ1) is 19.9. The molecule has 0 N–H and O–H groups in total. The Morgan fingerprint density at radius 2 is 0.810 bits per heavy atom. The van der Waals surface area contributed by atoms with Crippen LogP contribution in [-0.4, -0.2) is 13.3 Å². The van der Waals surface area contributed by atoms with Gasteiger partial charge in [0.15, 0.2) is 0 Å². The Bertz CT molecular complexity index is 1620. The van der Waals surface area contributed by atoms with Gasteiger partial charge in [-0.2, -0.15) is 0 Å². The minimum absolute atomic E-state index is 0.139. The van der Waals surface area contributed by atoms with Crippen LogP contribution in [0.2, 0.25) is 0 Å². The Kier molecular flexibility index (Phi) is 6.84. The van der Waals surface area contributed by atoms with Crippen LogP contribution >= 0.6 is 0 Å². The van der Waals surface area contributed by atoms with E-state index in [2.05, 4.69) is 172 Å². The third-order valence-electron chi connectivity index (χ3n) is 8.91. The minimum Gasteiger partial charge on any atom is -0.325 e. The fourth-order valence-corrected chi connectivity index (χ4v) is 6.06. The molecule has 2 aliphatic heterocycles. The summed E-state index contributed by atoms with van der Waals surface area (Å²) >= 11 is 0. The Morgan fingerprint density at radius 3 is 1.29 bits per heavy atom. The summed E-state index contributed by atoms with van der Waals surface area (Å²) in [7, 11) is 0. The van der Waals surface area contributed by atoms with E-state index in [4.69, 9.17) is 0 Å². The zero-order valence-electron chi connectivity index (χ0n) is 26.4. The third-order valence-corrected chi connectivity index (χ3v) is 8.91. The standard InChI is InChI=1S/C38H44N4/c1-27-28(2)40(25-39(27)31-20-16-29(17-21-31)37(3,4)5)33-12-11-13-34(24-33)42-26-41(35-14-9-10-15-36(35)42)32-22-18-30(19-23-32)38(6,7)8/h9-24H,25-26H2,1-8H3. The molecule has 0 aliphatic carbocycles. The van der Waals surface area contributed by atoms with E-state index in [1.54, 1.807) is 0 Å². The lowest BCUT2D eigenvalue weighted by atomic mass is 9.87. The molecule has 4 aromatic carbocycles. The molecule has 4 heteroatoms. The average Bonchev–Trinajstić information content (AvgIpc) is 3.50. The van der Waals surface area contributed by atoms with Crippen molar-refractivity contribution in [2.45, 2.75) is 66.2 Å². The van der Waals surface area contributed by atoms with Crippen molar-refractivity contribution in [2.75, 3.05) is 32.9 Å². The number of allylic oxidation sites excluding steroid dienone is 2. The number of fused-ring (bicyclic) bond motifs is 1. The summed E-state index contributed by atoms with van der Waals surface area (Å²) < 4.78 is 0. The average molecular weight is 557 g/mol. The molecule has 0 atom stereocenters. The lowest BCUT2D eigenvalue weighted by Crippen LogP contribution is -2.27. The summed E-state index contributed by atoms with van der Waals surface area (Å²) in [5.41, 5.74) is 12.9. The van der Waals surface area contributed by atoms with Gasteiger partial charge < -0.3 is 19.6 Å². The first kappa shape index (κ1) is 28.0. The van der Waals surface area contributed by atoms with Crippen LogP contribution in [-0.2, 0) is 10.8 Å². The smallest absolute Gasteiger partial charge is 0.100 e. The summed E-state index contributed by atoms with van der Waals surface area (Å²) in [6, 6.07) is 35.9. The van der Waals surface area contributed by atoms with Gasteiger partial charge in [-0.1, -0.05) is 84.0 Å². The van der Waals surface area contributed by atoms with Crippen LogP contribution in [0.5, 0.6) is 0 Å². The van der Waals surface area contributed by atoms with Crippen molar-refractivity contribution in [3.05, 3.63) is 120 Å². The molecule has 0 radical (unpaired) electrons. The molecule has 0 amide bonds. The van der Waals surface area contributed by atoms with Gasteiger partial charge in [0.25, 0.3) is 0 Å². The molecule has 4 aromatic rings. The number of para-hydroxylation sites is 2. The fraction of sp³-hybridized carbons (Fsp3) is 0.316. The minimum atomic E-state index is 0.139. The highest BCUT2D eigenvalue weighted by Crippen LogP contribution is 2.45. The summed E-state index contributed by atoms with van der Waals surface area (Å²) in [6.07, 6.45) is 0. The highest BCUT2D eigenvalue weighted by atomic mass is 15.4. The van der Waals surface area contributed by atoms with Crippen LogP contribution in [0.25, 0.3) is 0 Å². The number of nitrogens with zero attached hydrogens (tertiary/aromatic N) is 4. The molecule has 6 rings (SSSR count). The summed E-state index contributed by atoms with van der Waals surface area (Å²) in [5.74, 6) is 0. The molecular weight excluding hydrogens is 512 g/mol. The van der Waals surface area contributed by atoms with E-state index in [-0.39, 0.29) is 10.8 Å². The molecule has 0 aromatic heterocycles. The van der Waals surface area contributed by atoms with E-state index in [1.807, 2.05) is 0 Å². The molecule has 0 spiro atoms. The molecule has 0 saturated heterocycles. The highest BCUT2D eigenvalue weighted by molar-refractivity contribution is 5.87. The van der Waals surface area contributed by atoms with Crippen LogP contribution in [0.4, 0.5) is 34.1 Å². The van der Waals surface area contributed by atoms with Gasteiger partial charge in [-0.3, -0.25) is 0 Å². The van der Waals surface area contributed by atoms with E-state index in [0.29, 0.717) is 0 Å². The predicted octanol–water partition coefficient (Wildman–Crippen LogP) is 10.1. The molecule has 0 bridgehead atoms. The van der Waals surface area contributed by atoms with Crippen molar-refractivity contribution in [3.63, 3.8) is 0 Å². The van der Waals surface area contributed by atoms with Crippen molar-refractivity contribution in [1.29, 1.82) is 0 Å². The third kappa shape index (κ3) is 5.04. The first-order valence-electron chi connectivity index (χ1n) is 15.1. The Hall–Kier alpha value is -4.18. The maximum atomic E-state index is 2.43. The van der Waals surface area contributed by atoms with Crippen LogP contribution in [0.3, 0.4) is 0 Å². The molecule has 2 heterocycles. The lowest BCUT2D eigenvalue weighted by molar-refractivity contribution is 0.590. The highest BCUT2D eigenvalue weighted by Gasteiger charge is 2.30. The van der Waals surface area contributed by atoms with Crippen molar-refractivity contribution in [3.8, 4) is 0 Å². The molecule has 0 saturated carbocycles. The number of rotatable bonds is 4. The Labute approximate surface area is 252 Å². The van der Waals surface area contributed by atoms with Crippen molar-refractivity contribution >= 4 is 34.1 Å². The summed E-state index contributed by atoms with van der Waals surface area (Å²) in [4.78, 5) is 9.70. The largest absolute Gasteiger partial charge is 0.325 e. The van der Waals surface area contributed by atoms with Gasteiger partial charge >= 0.3 is 0 Å². The summed E-state index contributed by atoms with van der Waals surface area (Å²) in [6.45, 7) is 19.6. The normalized spacial score (nSPS) is 15.6. The van der Waals surface area contributed by atoms with Crippen LogP contribution in [0.1, 0.15) is 66.5 Å². The van der Waals surface area contributed by atoms with E-state index >= 15 is 0 Å². The quantitative estimate of drug-likeness (QED) is 0.248. The molecule has 0 unspecified atom stereocenters.